The Labute approximate surface area is 103 Å². The van der Waals surface area contributed by atoms with Crippen molar-refractivity contribution >= 4 is 5.71 Å². The maximum atomic E-state index is 12.8. The monoisotopic (exact) mass is 257 g/mol. The highest BCUT2D eigenvalue weighted by atomic mass is 19.4. The molecule has 0 heterocycles. The van der Waals surface area contributed by atoms with E-state index in [1.165, 1.54) is 18.2 Å². The van der Waals surface area contributed by atoms with E-state index >= 15 is 0 Å². The molecule has 0 bridgehead atoms. The maximum Gasteiger partial charge on any atom is 0.416 e. The Morgan fingerprint density at radius 3 is 2.50 bits per heavy atom. The number of aliphatic imine (C=N–C) groups is 1. The first kappa shape index (κ1) is 13.1. The van der Waals surface area contributed by atoms with Gasteiger partial charge in [-0.1, -0.05) is 25.1 Å². The van der Waals surface area contributed by atoms with E-state index in [2.05, 4.69) is 4.99 Å². The molecule has 2 unspecified atom stereocenters. The van der Waals surface area contributed by atoms with Crippen LogP contribution >= 0.6 is 0 Å². The van der Waals surface area contributed by atoms with Crippen molar-refractivity contribution in [3.63, 3.8) is 0 Å². The zero-order chi connectivity index (χ0) is 13.3. The van der Waals surface area contributed by atoms with E-state index in [9.17, 15) is 18.3 Å². The smallest absolute Gasteiger partial charge is 0.368 e. The normalized spacial score (nSPS) is 23.8. The number of nitrogens with zero attached hydrogens (tertiary/aromatic N) is 1. The highest BCUT2D eigenvalue weighted by Crippen LogP contribution is 2.35. The van der Waals surface area contributed by atoms with Crippen LogP contribution in [0.3, 0.4) is 0 Å². The van der Waals surface area contributed by atoms with Crippen LogP contribution in [0.15, 0.2) is 29.3 Å². The molecule has 2 atom stereocenters. The van der Waals surface area contributed by atoms with Crippen LogP contribution < -0.4 is 0 Å². The lowest BCUT2D eigenvalue weighted by molar-refractivity contribution is -0.139. The number of halogens is 3. The SMILES string of the molecule is CC1CCC1=NC(O)c1ccccc1C(F)(F)F. The minimum Gasteiger partial charge on any atom is -0.368 e. The van der Waals surface area contributed by atoms with Crippen molar-refractivity contribution in [2.24, 2.45) is 10.9 Å². The topological polar surface area (TPSA) is 32.6 Å². The van der Waals surface area contributed by atoms with Crippen LogP contribution in [0.4, 0.5) is 13.2 Å². The molecule has 2 rings (SSSR count). The van der Waals surface area contributed by atoms with Crippen LogP contribution in [0.5, 0.6) is 0 Å². The molecule has 5 heteroatoms. The van der Waals surface area contributed by atoms with Gasteiger partial charge in [0.2, 0.25) is 0 Å². The van der Waals surface area contributed by atoms with E-state index < -0.39 is 18.0 Å². The molecule has 1 aromatic rings. The Morgan fingerprint density at radius 2 is 2.00 bits per heavy atom. The zero-order valence-electron chi connectivity index (χ0n) is 9.91. The van der Waals surface area contributed by atoms with Crippen molar-refractivity contribution in [1.29, 1.82) is 0 Å². The predicted octanol–water partition coefficient (Wildman–Crippen LogP) is 3.57. The number of hydrogen-bond acceptors (Lipinski definition) is 2. The lowest BCUT2D eigenvalue weighted by atomic mass is 9.84. The predicted molar refractivity (Wildman–Crippen MR) is 62.2 cm³/mol. The van der Waals surface area contributed by atoms with Crippen molar-refractivity contribution in [1.82, 2.24) is 0 Å². The number of rotatable bonds is 2. The van der Waals surface area contributed by atoms with Gasteiger partial charge in [-0.2, -0.15) is 13.2 Å². The molecule has 0 aliphatic heterocycles. The molecule has 0 radical (unpaired) electrons. The summed E-state index contributed by atoms with van der Waals surface area (Å²) in [4.78, 5) is 3.98. The summed E-state index contributed by atoms with van der Waals surface area (Å²) in [6.45, 7) is 1.95. The van der Waals surface area contributed by atoms with Gasteiger partial charge in [0.25, 0.3) is 0 Å². The van der Waals surface area contributed by atoms with Gasteiger partial charge in [0.1, 0.15) is 0 Å². The summed E-state index contributed by atoms with van der Waals surface area (Å²) in [5, 5.41) is 9.83. The van der Waals surface area contributed by atoms with Crippen LogP contribution in [0.25, 0.3) is 0 Å². The zero-order valence-corrected chi connectivity index (χ0v) is 9.91. The van der Waals surface area contributed by atoms with Gasteiger partial charge in [-0.25, -0.2) is 0 Å². The Bertz CT molecular complexity index is 468. The van der Waals surface area contributed by atoms with Gasteiger partial charge in [0.15, 0.2) is 6.23 Å². The first-order valence-corrected chi connectivity index (χ1v) is 5.80. The number of alkyl halides is 3. The summed E-state index contributed by atoms with van der Waals surface area (Å²) in [5.74, 6) is 0.262. The number of hydrogen-bond donors (Lipinski definition) is 1. The minimum atomic E-state index is -4.47. The molecule has 1 aliphatic rings. The minimum absolute atomic E-state index is 0.184. The molecule has 0 spiro atoms. The third-order valence-corrected chi connectivity index (χ3v) is 3.23. The maximum absolute atomic E-state index is 12.8. The van der Waals surface area contributed by atoms with Gasteiger partial charge in [-0.15, -0.1) is 0 Å². The van der Waals surface area contributed by atoms with Crippen LogP contribution in [0, 0.1) is 5.92 Å². The first-order valence-electron chi connectivity index (χ1n) is 5.80. The second kappa shape index (κ2) is 4.72. The highest BCUT2D eigenvalue weighted by Gasteiger charge is 2.35. The fourth-order valence-electron chi connectivity index (χ4n) is 1.96. The van der Waals surface area contributed by atoms with Crippen molar-refractivity contribution < 1.29 is 18.3 Å². The lowest BCUT2D eigenvalue weighted by Crippen LogP contribution is -2.24. The summed E-state index contributed by atoms with van der Waals surface area (Å²) >= 11 is 0. The second-order valence-electron chi connectivity index (χ2n) is 4.52. The molecule has 1 saturated carbocycles. The summed E-state index contributed by atoms with van der Waals surface area (Å²) in [6.07, 6.45) is -4.16. The average Bonchev–Trinajstić information content (AvgIpc) is 2.32. The largest absolute Gasteiger partial charge is 0.416 e. The van der Waals surface area contributed by atoms with E-state index in [-0.39, 0.29) is 11.5 Å². The molecule has 0 aromatic heterocycles. The molecule has 0 amide bonds. The average molecular weight is 257 g/mol. The van der Waals surface area contributed by atoms with E-state index in [0.29, 0.717) is 0 Å². The molecule has 1 N–H and O–H groups in total. The van der Waals surface area contributed by atoms with Gasteiger partial charge in [0.05, 0.1) is 5.56 Å². The molecule has 18 heavy (non-hydrogen) atoms. The van der Waals surface area contributed by atoms with Crippen molar-refractivity contribution in [2.45, 2.75) is 32.2 Å². The molecule has 1 aliphatic carbocycles. The van der Waals surface area contributed by atoms with Crippen LogP contribution in [-0.2, 0) is 6.18 Å². The van der Waals surface area contributed by atoms with E-state index in [4.69, 9.17) is 0 Å². The van der Waals surface area contributed by atoms with Gasteiger partial charge in [-0.3, -0.25) is 4.99 Å². The third kappa shape index (κ3) is 2.56. The van der Waals surface area contributed by atoms with Gasteiger partial charge in [0, 0.05) is 11.3 Å². The second-order valence-corrected chi connectivity index (χ2v) is 4.52. The van der Waals surface area contributed by atoms with E-state index in [1.54, 1.807) is 0 Å². The number of aliphatic hydroxyl groups excluding tert-OH is 1. The van der Waals surface area contributed by atoms with Crippen molar-refractivity contribution in [3.8, 4) is 0 Å². The molecular weight excluding hydrogens is 243 g/mol. The fraction of sp³-hybridized carbons (Fsp3) is 0.462. The summed E-state index contributed by atoms with van der Waals surface area (Å²) in [7, 11) is 0. The summed E-state index contributed by atoms with van der Waals surface area (Å²) in [5.41, 5.74) is -0.218. The number of benzene rings is 1. The number of aliphatic hydroxyl groups is 1. The highest BCUT2D eigenvalue weighted by molar-refractivity contribution is 5.91. The summed E-state index contributed by atoms with van der Waals surface area (Å²) < 4.78 is 38.3. The Morgan fingerprint density at radius 1 is 1.33 bits per heavy atom. The molecule has 1 fully saturated rings. The van der Waals surface area contributed by atoms with E-state index in [0.717, 1.165) is 24.6 Å². The van der Waals surface area contributed by atoms with Crippen LogP contribution in [-0.4, -0.2) is 10.8 Å². The quantitative estimate of drug-likeness (QED) is 0.863. The Hall–Kier alpha value is -1.36. The molecule has 1 aromatic carbocycles. The Balaban J connectivity index is 2.30. The van der Waals surface area contributed by atoms with Gasteiger partial charge in [-0.05, 0) is 24.8 Å². The van der Waals surface area contributed by atoms with Crippen LogP contribution in [0.1, 0.15) is 37.1 Å². The standard InChI is InChI=1S/C13H14F3NO/c1-8-6-7-11(8)17-12(18)9-4-2-3-5-10(9)13(14,15)16/h2-5,8,12,18H,6-7H2,1H3. The van der Waals surface area contributed by atoms with Gasteiger partial charge >= 0.3 is 6.18 Å². The fourth-order valence-corrected chi connectivity index (χ4v) is 1.96. The summed E-state index contributed by atoms with van der Waals surface area (Å²) in [6, 6.07) is 5.00. The van der Waals surface area contributed by atoms with Crippen LogP contribution in [0.2, 0.25) is 0 Å². The molecule has 0 saturated heterocycles. The molecular formula is C13H14F3NO. The van der Waals surface area contributed by atoms with Crippen molar-refractivity contribution in [2.75, 3.05) is 0 Å². The Kier molecular flexibility index (Phi) is 3.43. The van der Waals surface area contributed by atoms with Gasteiger partial charge < -0.3 is 5.11 Å². The van der Waals surface area contributed by atoms with Crippen molar-refractivity contribution in [3.05, 3.63) is 35.4 Å². The molecule has 98 valence electrons. The lowest BCUT2D eigenvalue weighted by Gasteiger charge is -2.26. The third-order valence-electron chi connectivity index (χ3n) is 3.23. The first-order chi connectivity index (χ1) is 8.39. The molecule has 2 nitrogen and oxygen atoms in total. The van der Waals surface area contributed by atoms with E-state index in [1.807, 2.05) is 6.92 Å².